The van der Waals surface area contributed by atoms with Gasteiger partial charge in [-0.3, -0.25) is 0 Å². The largest absolute Gasteiger partial charge is 0.495 e. The predicted molar refractivity (Wildman–Crippen MR) is 85.7 cm³/mol. The van der Waals surface area contributed by atoms with Crippen LogP contribution in [0.4, 0.5) is 10.5 Å². The van der Waals surface area contributed by atoms with E-state index in [0.29, 0.717) is 35.3 Å². The van der Waals surface area contributed by atoms with Gasteiger partial charge in [-0.05, 0) is 18.9 Å². The molecule has 0 aromatic heterocycles. The van der Waals surface area contributed by atoms with Crippen molar-refractivity contribution in [2.24, 2.45) is 0 Å². The number of hydrogen-bond acceptors (Lipinski definition) is 3. The van der Waals surface area contributed by atoms with Crippen LogP contribution in [-0.2, 0) is 0 Å². The fourth-order valence-electron chi connectivity index (χ4n) is 2.01. The number of rotatable bonds is 7. The van der Waals surface area contributed by atoms with Crippen LogP contribution >= 0.6 is 11.6 Å². The highest BCUT2D eigenvalue weighted by Gasteiger charge is 2.16. The summed E-state index contributed by atoms with van der Waals surface area (Å²) < 4.78 is 10.4. The summed E-state index contributed by atoms with van der Waals surface area (Å²) in [5.41, 5.74) is 0.533. The van der Waals surface area contributed by atoms with Crippen LogP contribution < -0.4 is 14.8 Å². The molecule has 1 aromatic rings. The number of nitrogens with zero attached hydrogens (tertiary/aromatic N) is 1. The first-order valence-corrected chi connectivity index (χ1v) is 7.42. The van der Waals surface area contributed by atoms with Gasteiger partial charge in [0.15, 0.2) is 0 Å². The maximum absolute atomic E-state index is 12.3. The van der Waals surface area contributed by atoms with E-state index in [-0.39, 0.29) is 6.03 Å². The Hall–Kier alpha value is -1.62. The Labute approximate surface area is 131 Å². The second kappa shape index (κ2) is 8.62. The molecule has 6 heteroatoms. The summed E-state index contributed by atoms with van der Waals surface area (Å²) in [6.45, 7) is 5.51. The van der Waals surface area contributed by atoms with Gasteiger partial charge in [-0.15, -0.1) is 0 Å². The summed E-state index contributed by atoms with van der Waals surface area (Å²) in [6, 6.07) is 3.13. The molecule has 0 radical (unpaired) electrons. The molecule has 118 valence electrons. The summed E-state index contributed by atoms with van der Waals surface area (Å²) in [5, 5.41) is 3.27. The lowest BCUT2D eigenvalue weighted by molar-refractivity contribution is 0.211. The first-order chi connectivity index (χ1) is 10.1. The topological polar surface area (TPSA) is 50.8 Å². The van der Waals surface area contributed by atoms with E-state index in [4.69, 9.17) is 21.1 Å². The summed E-state index contributed by atoms with van der Waals surface area (Å²) in [7, 11) is 3.07. The highest BCUT2D eigenvalue weighted by molar-refractivity contribution is 6.32. The normalized spacial score (nSPS) is 10.1. The Morgan fingerprint density at radius 3 is 2.19 bits per heavy atom. The molecule has 0 saturated carbocycles. The Bertz CT molecular complexity index is 474. The standard InChI is InChI=1S/C15H23ClN2O3/c1-5-7-18(8-6-2)15(19)17-12-9-11(16)13(20-3)10-14(12)21-4/h9-10H,5-8H2,1-4H3,(H,17,19). The maximum atomic E-state index is 12.3. The van der Waals surface area contributed by atoms with Crippen LogP contribution in [0.3, 0.4) is 0 Å². The molecule has 1 aromatic carbocycles. The Balaban J connectivity index is 2.95. The number of urea groups is 1. The average Bonchev–Trinajstić information content (AvgIpc) is 2.47. The van der Waals surface area contributed by atoms with Gasteiger partial charge in [0, 0.05) is 19.2 Å². The molecule has 0 fully saturated rings. The third-order valence-electron chi connectivity index (χ3n) is 2.99. The van der Waals surface area contributed by atoms with E-state index < -0.39 is 0 Å². The molecule has 0 spiro atoms. The molecule has 1 rings (SSSR count). The minimum absolute atomic E-state index is 0.154. The van der Waals surface area contributed by atoms with Crippen molar-refractivity contribution < 1.29 is 14.3 Å². The summed E-state index contributed by atoms with van der Waals surface area (Å²) >= 11 is 6.10. The number of carbonyl (C=O) groups excluding carboxylic acids is 1. The summed E-state index contributed by atoms with van der Waals surface area (Å²) in [6.07, 6.45) is 1.82. The van der Waals surface area contributed by atoms with Gasteiger partial charge >= 0.3 is 6.03 Å². The Morgan fingerprint density at radius 2 is 1.71 bits per heavy atom. The van der Waals surface area contributed by atoms with Gasteiger partial charge in [-0.25, -0.2) is 4.79 Å². The molecule has 2 amide bonds. The fourth-order valence-corrected chi connectivity index (χ4v) is 2.25. The monoisotopic (exact) mass is 314 g/mol. The third-order valence-corrected chi connectivity index (χ3v) is 3.29. The van der Waals surface area contributed by atoms with Crippen LogP contribution in [-0.4, -0.2) is 38.2 Å². The van der Waals surface area contributed by atoms with E-state index in [2.05, 4.69) is 5.32 Å². The number of hydrogen-bond donors (Lipinski definition) is 1. The smallest absolute Gasteiger partial charge is 0.321 e. The van der Waals surface area contributed by atoms with Crippen LogP contribution in [0.1, 0.15) is 26.7 Å². The molecular formula is C15H23ClN2O3. The first-order valence-electron chi connectivity index (χ1n) is 7.04. The zero-order chi connectivity index (χ0) is 15.8. The van der Waals surface area contributed by atoms with E-state index in [0.717, 1.165) is 12.8 Å². The fraction of sp³-hybridized carbons (Fsp3) is 0.533. The lowest BCUT2D eigenvalue weighted by Gasteiger charge is -2.22. The zero-order valence-corrected chi connectivity index (χ0v) is 13.8. The molecule has 5 nitrogen and oxygen atoms in total. The molecule has 21 heavy (non-hydrogen) atoms. The molecule has 0 aliphatic heterocycles. The molecule has 0 unspecified atom stereocenters. The van der Waals surface area contributed by atoms with E-state index in [1.165, 1.54) is 14.2 Å². The zero-order valence-electron chi connectivity index (χ0n) is 13.0. The van der Waals surface area contributed by atoms with Gasteiger partial charge in [0.2, 0.25) is 0 Å². The minimum Gasteiger partial charge on any atom is -0.495 e. The molecule has 0 heterocycles. The second-order valence-corrected chi connectivity index (χ2v) is 5.01. The van der Waals surface area contributed by atoms with Crippen LogP contribution in [0.15, 0.2) is 12.1 Å². The van der Waals surface area contributed by atoms with Crippen LogP contribution in [0.5, 0.6) is 11.5 Å². The van der Waals surface area contributed by atoms with Gasteiger partial charge in [0.1, 0.15) is 11.5 Å². The lowest BCUT2D eigenvalue weighted by atomic mass is 10.2. The lowest BCUT2D eigenvalue weighted by Crippen LogP contribution is -2.36. The minimum atomic E-state index is -0.154. The number of ether oxygens (including phenoxy) is 2. The van der Waals surface area contributed by atoms with Crippen LogP contribution in [0.2, 0.25) is 5.02 Å². The van der Waals surface area contributed by atoms with Crippen molar-refractivity contribution in [3.63, 3.8) is 0 Å². The number of anilines is 1. The van der Waals surface area contributed by atoms with Crippen molar-refractivity contribution in [1.82, 2.24) is 4.90 Å². The molecule has 0 bridgehead atoms. The Kier molecular flexibility index (Phi) is 7.15. The highest BCUT2D eigenvalue weighted by atomic mass is 35.5. The van der Waals surface area contributed by atoms with Crippen LogP contribution in [0.25, 0.3) is 0 Å². The van der Waals surface area contributed by atoms with Crippen molar-refractivity contribution >= 4 is 23.3 Å². The van der Waals surface area contributed by atoms with Gasteiger partial charge in [0.05, 0.1) is 24.9 Å². The number of halogens is 1. The average molecular weight is 315 g/mol. The number of methoxy groups -OCH3 is 2. The number of nitrogens with one attached hydrogen (secondary N) is 1. The third kappa shape index (κ3) is 4.70. The second-order valence-electron chi connectivity index (χ2n) is 4.60. The van der Waals surface area contributed by atoms with E-state index >= 15 is 0 Å². The Morgan fingerprint density at radius 1 is 1.14 bits per heavy atom. The molecule has 0 atom stereocenters. The molecule has 0 saturated heterocycles. The predicted octanol–water partition coefficient (Wildman–Crippen LogP) is 4.01. The molecular weight excluding hydrogens is 292 g/mol. The summed E-state index contributed by atoms with van der Waals surface area (Å²) in [4.78, 5) is 14.1. The number of amides is 2. The molecule has 0 aliphatic rings. The number of benzene rings is 1. The molecule has 1 N–H and O–H groups in total. The highest BCUT2D eigenvalue weighted by Crippen LogP contribution is 2.35. The van der Waals surface area contributed by atoms with Crippen molar-refractivity contribution in [3.05, 3.63) is 17.2 Å². The van der Waals surface area contributed by atoms with Crippen LogP contribution in [0, 0.1) is 0 Å². The van der Waals surface area contributed by atoms with Crippen molar-refractivity contribution in [2.75, 3.05) is 32.6 Å². The van der Waals surface area contributed by atoms with Gasteiger partial charge in [0.25, 0.3) is 0 Å². The van der Waals surface area contributed by atoms with Crippen molar-refractivity contribution in [1.29, 1.82) is 0 Å². The SMILES string of the molecule is CCCN(CCC)C(=O)Nc1cc(Cl)c(OC)cc1OC. The van der Waals surface area contributed by atoms with Gasteiger partial charge in [-0.2, -0.15) is 0 Å². The van der Waals surface area contributed by atoms with E-state index in [9.17, 15) is 4.79 Å². The van der Waals surface area contributed by atoms with E-state index in [1.54, 1.807) is 17.0 Å². The maximum Gasteiger partial charge on any atom is 0.321 e. The quantitative estimate of drug-likeness (QED) is 0.827. The molecule has 0 aliphatic carbocycles. The van der Waals surface area contributed by atoms with Crippen molar-refractivity contribution in [2.45, 2.75) is 26.7 Å². The summed E-state index contributed by atoms with van der Waals surface area (Å²) in [5.74, 6) is 1.02. The van der Waals surface area contributed by atoms with Gasteiger partial charge in [-0.1, -0.05) is 25.4 Å². The van der Waals surface area contributed by atoms with Crippen molar-refractivity contribution in [3.8, 4) is 11.5 Å². The van der Waals surface area contributed by atoms with E-state index in [1.807, 2.05) is 13.8 Å². The first kappa shape index (κ1) is 17.4. The number of carbonyl (C=O) groups is 1. The van der Waals surface area contributed by atoms with Gasteiger partial charge < -0.3 is 19.7 Å².